The van der Waals surface area contributed by atoms with E-state index < -0.39 is 0 Å². The van der Waals surface area contributed by atoms with Crippen LogP contribution in [-0.2, 0) is 6.54 Å². The molecule has 0 spiro atoms. The molecule has 0 radical (unpaired) electrons. The number of nitrogens with zero attached hydrogens (tertiary/aromatic N) is 1. The van der Waals surface area contributed by atoms with Gasteiger partial charge in [-0.05, 0) is 48.3 Å². The maximum absolute atomic E-state index is 12.7. The zero-order chi connectivity index (χ0) is 14.8. The third-order valence-corrected chi connectivity index (χ3v) is 4.56. The van der Waals surface area contributed by atoms with Crippen molar-refractivity contribution < 1.29 is 4.79 Å². The molecule has 106 valence electrons. The minimum atomic E-state index is -0.221. The Labute approximate surface area is 132 Å². The van der Waals surface area contributed by atoms with E-state index in [1.165, 1.54) is 11.3 Å². The van der Waals surface area contributed by atoms with Crippen molar-refractivity contribution in [1.29, 1.82) is 0 Å². The second-order valence-corrected chi connectivity index (χ2v) is 7.98. The lowest BCUT2D eigenvalue weighted by molar-refractivity contribution is 0.0559. The molecule has 0 unspecified atom stereocenters. The van der Waals surface area contributed by atoms with Crippen LogP contribution in [0.2, 0.25) is 0 Å². The highest BCUT2D eigenvalue weighted by Crippen LogP contribution is 2.25. The van der Waals surface area contributed by atoms with E-state index in [-0.39, 0.29) is 11.4 Å². The third-order valence-electron chi connectivity index (χ3n) is 3.05. The molecule has 1 aromatic carbocycles. The average molecular weight is 352 g/mol. The van der Waals surface area contributed by atoms with Gasteiger partial charge >= 0.3 is 0 Å². The lowest BCUT2D eigenvalue weighted by Crippen LogP contribution is -2.44. The van der Waals surface area contributed by atoms with E-state index in [1.807, 2.05) is 34.5 Å². The highest BCUT2D eigenvalue weighted by Gasteiger charge is 2.27. The van der Waals surface area contributed by atoms with Crippen LogP contribution < -0.4 is 0 Å². The summed E-state index contributed by atoms with van der Waals surface area (Å²) in [6.45, 7) is 6.82. The topological polar surface area (TPSA) is 20.3 Å². The third kappa shape index (κ3) is 3.70. The molecule has 2 aromatic rings. The molecule has 1 heterocycles. The van der Waals surface area contributed by atoms with Gasteiger partial charge in [0.1, 0.15) is 0 Å². The maximum Gasteiger partial charge on any atom is 0.255 e. The first kappa shape index (κ1) is 15.3. The molecule has 0 fully saturated rings. The van der Waals surface area contributed by atoms with E-state index >= 15 is 0 Å². The molecule has 0 bridgehead atoms. The van der Waals surface area contributed by atoms with Gasteiger partial charge in [-0.15, -0.1) is 11.3 Å². The van der Waals surface area contributed by atoms with Crippen molar-refractivity contribution in [3.63, 3.8) is 0 Å². The van der Waals surface area contributed by atoms with E-state index in [2.05, 4.69) is 48.8 Å². The largest absolute Gasteiger partial charge is 0.329 e. The Morgan fingerprint density at radius 1 is 1.25 bits per heavy atom. The Morgan fingerprint density at radius 3 is 2.40 bits per heavy atom. The van der Waals surface area contributed by atoms with Crippen LogP contribution in [0.3, 0.4) is 0 Å². The molecule has 0 aliphatic heterocycles. The fourth-order valence-corrected chi connectivity index (χ4v) is 3.09. The Kier molecular flexibility index (Phi) is 4.66. The van der Waals surface area contributed by atoms with E-state index in [0.717, 1.165) is 14.9 Å². The molecular weight excluding hydrogens is 334 g/mol. The fourth-order valence-electron chi connectivity index (χ4n) is 1.96. The Hall–Kier alpha value is -1.13. The zero-order valence-electron chi connectivity index (χ0n) is 11.9. The molecule has 0 N–H and O–H groups in total. The van der Waals surface area contributed by atoms with Crippen LogP contribution in [0.1, 0.15) is 36.7 Å². The summed E-state index contributed by atoms with van der Waals surface area (Å²) in [4.78, 5) is 14.6. The summed E-state index contributed by atoms with van der Waals surface area (Å²) < 4.78 is 0.981. The number of thiophene rings is 1. The predicted molar refractivity (Wildman–Crippen MR) is 88.1 cm³/mol. The van der Waals surface area contributed by atoms with Crippen LogP contribution in [0, 0.1) is 0 Å². The first-order valence-electron chi connectivity index (χ1n) is 6.48. The van der Waals surface area contributed by atoms with E-state index in [9.17, 15) is 4.79 Å². The molecule has 1 aromatic heterocycles. The van der Waals surface area contributed by atoms with Gasteiger partial charge in [0.25, 0.3) is 5.91 Å². The number of amides is 1. The van der Waals surface area contributed by atoms with Crippen molar-refractivity contribution in [2.75, 3.05) is 0 Å². The predicted octanol–water partition coefficient (Wildman–Crippen LogP) is 4.95. The molecular formula is C16H18BrNOS. The number of carbonyl (C=O) groups excluding carboxylic acids is 1. The summed E-state index contributed by atoms with van der Waals surface area (Å²) in [5.74, 6) is 0.0725. The van der Waals surface area contributed by atoms with E-state index in [1.54, 1.807) is 0 Å². The van der Waals surface area contributed by atoms with Gasteiger partial charge < -0.3 is 4.90 Å². The summed E-state index contributed by atoms with van der Waals surface area (Å²) in [5.41, 5.74) is 1.67. The lowest BCUT2D eigenvalue weighted by atomic mass is 10.0. The Balaban J connectivity index is 2.27. The van der Waals surface area contributed by atoms with E-state index in [4.69, 9.17) is 0 Å². The van der Waals surface area contributed by atoms with Crippen LogP contribution >= 0.6 is 27.3 Å². The smallest absolute Gasteiger partial charge is 0.255 e. The highest BCUT2D eigenvalue weighted by molar-refractivity contribution is 9.11. The highest BCUT2D eigenvalue weighted by atomic mass is 79.9. The first-order chi connectivity index (χ1) is 9.38. The van der Waals surface area contributed by atoms with Gasteiger partial charge in [0.15, 0.2) is 0 Å². The number of carbonyl (C=O) groups is 1. The Bertz CT molecular complexity index is 586. The van der Waals surface area contributed by atoms with Gasteiger partial charge in [0.05, 0.1) is 9.35 Å². The average Bonchev–Trinajstić information content (AvgIpc) is 2.82. The van der Waals surface area contributed by atoms with Crippen LogP contribution in [0.25, 0.3) is 0 Å². The van der Waals surface area contributed by atoms with Crippen molar-refractivity contribution in [1.82, 2.24) is 4.90 Å². The van der Waals surface area contributed by atoms with Crippen molar-refractivity contribution in [3.05, 3.63) is 56.7 Å². The summed E-state index contributed by atoms with van der Waals surface area (Å²) in [7, 11) is 0. The van der Waals surface area contributed by atoms with Gasteiger partial charge in [-0.1, -0.05) is 30.3 Å². The van der Waals surface area contributed by atoms with Crippen LogP contribution in [-0.4, -0.2) is 16.3 Å². The Morgan fingerprint density at radius 2 is 1.90 bits per heavy atom. The van der Waals surface area contributed by atoms with Crippen molar-refractivity contribution in [3.8, 4) is 0 Å². The molecule has 2 rings (SSSR count). The minimum Gasteiger partial charge on any atom is -0.329 e. The van der Waals surface area contributed by atoms with Crippen LogP contribution in [0.4, 0.5) is 0 Å². The van der Waals surface area contributed by atoms with Crippen molar-refractivity contribution >= 4 is 33.2 Å². The van der Waals surface area contributed by atoms with Crippen LogP contribution in [0.15, 0.2) is 45.6 Å². The normalized spacial score (nSPS) is 11.4. The summed E-state index contributed by atoms with van der Waals surface area (Å²) in [5, 5.41) is 1.90. The molecule has 1 amide bonds. The maximum atomic E-state index is 12.7. The number of benzene rings is 1. The number of halogens is 1. The van der Waals surface area contributed by atoms with Crippen LogP contribution in [0.5, 0.6) is 0 Å². The summed E-state index contributed by atoms with van der Waals surface area (Å²) >= 11 is 4.95. The van der Waals surface area contributed by atoms with Gasteiger partial charge in [-0.3, -0.25) is 4.79 Å². The number of hydrogen-bond donors (Lipinski definition) is 0. The first-order valence-corrected chi connectivity index (χ1v) is 8.15. The second-order valence-electron chi connectivity index (χ2n) is 5.69. The van der Waals surface area contributed by atoms with Gasteiger partial charge in [-0.25, -0.2) is 0 Å². The lowest BCUT2D eigenvalue weighted by Gasteiger charge is -2.35. The fraction of sp³-hybridized carbons (Fsp3) is 0.312. The molecule has 0 saturated carbocycles. The quantitative estimate of drug-likeness (QED) is 0.765. The molecule has 2 nitrogen and oxygen atoms in total. The monoisotopic (exact) mass is 351 g/mol. The number of hydrogen-bond acceptors (Lipinski definition) is 2. The van der Waals surface area contributed by atoms with Gasteiger partial charge in [-0.2, -0.15) is 0 Å². The molecule has 20 heavy (non-hydrogen) atoms. The molecule has 4 heteroatoms. The van der Waals surface area contributed by atoms with Gasteiger partial charge in [0.2, 0.25) is 0 Å². The van der Waals surface area contributed by atoms with E-state index in [0.29, 0.717) is 6.54 Å². The van der Waals surface area contributed by atoms with Gasteiger partial charge in [0, 0.05) is 17.5 Å². The second kappa shape index (κ2) is 6.10. The minimum absolute atomic E-state index is 0.0725. The summed E-state index contributed by atoms with van der Waals surface area (Å²) in [6, 6.07) is 12.0. The zero-order valence-corrected chi connectivity index (χ0v) is 14.3. The van der Waals surface area contributed by atoms with Crippen molar-refractivity contribution in [2.45, 2.75) is 32.9 Å². The standard InChI is InChI=1S/C16H18BrNOS/c1-16(2,3)18(10-12-7-5-4-6-8-12)15(19)13-9-14(17)20-11-13/h4-9,11H,10H2,1-3H3. The number of rotatable bonds is 3. The molecule has 0 saturated heterocycles. The summed E-state index contributed by atoms with van der Waals surface area (Å²) in [6.07, 6.45) is 0. The SMILES string of the molecule is CC(C)(C)N(Cc1ccccc1)C(=O)c1csc(Br)c1. The molecule has 0 aliphatic rings. The van der Waals surface area contributed by atoms with Crippen molar-refractivity contribution in [2.24, 2.45) is 0 Å². The molecule has 0 atom stereocenters. The molecule has 0 aliphatic carbocycles.